The lowest BCUT2D eigenvalue weighted by molar-refractivity contribution is 0.0696. The molecule has 0 saturated heterocycles. The van der Waals surface area contributed by atoms with E-state index in [1.165, 1.54) is 5.56 Å². The minimum Gasteiger partial charge on any atom is -0.478 e. The van der Waals surface area contributed by atoms with Gasteiger partial charge >= 0.3 is 5.97 Å². The Morgan fingerprint density at radius 3 is 2.09 bits per heavy atom. The van der Waals surface area contributed by atoms with E-state index >= 15 is 0 Å². The second-order valence-electron chi connectivity index (χ2n) is 8.73. The maximum atomic E-state index is 13.4. The summed E-state index contributed by atoms with van der Waals surface area (Å²) in [5, 5.41) is 9.51. The molecule has 0 heterocycles. The SMILES string of the molecule is Cc1ccc(C(=O)N(CCCc2ccccc2)Cc2ccc(-c3ccccc3C(=O)O)cc2)cc1. The van der Waals surface area contributed by atoms with Crippen LogP contribution in [0.2, 0.25) is 0 Å². The molecule has 0 unspecified atom stereocenters. The van der Waals surface area contributed by atoms with Gasteiger partial charge in [0.25, 0.3) is 5.91 Å². The average molecular weight is 464 g/mol. The quantitative estimate of drug-likeness (QED) is 0.303. The Kier molecular flexibility index (Phi) is 7.74. The fourth-order valence-corrected chi connectivity index (χ4v) is 4.18. The minimum absolute atomic E-state index is 0.0124. The first-order chi connectivity index (χ1) is 17.0. The van der Waals surface area contributed by atoms with Gasteiger partial charge in [-0.05, 0) is 60.2 Å². The number of carboxylic acids is 1. The molecule has 4 aromatic rings. The zero-order valence-corrected chi connectivity index (χ0v) is 19.9. The number of benzene rings is 4. The van der Waals surface area contributed by atoms with Crippen molar-refractivity contribution in [1.29, 1.82) is 0 Å². The van der Waals surface area contributed by atoms with Crippen LogP contribution in [0.15, 0.2) is 103 Å². The molecule has 0 saturated carbocycles. The van der Waals surface area contributed by atoms with Crippen molar-refractivity contribution in [1.82, 2.24) is 4.90 Å². The molecule has 4 heteroatoms. The lowest BCUT2D eigenvalue weighted by Gasteiger charge is -2.23. The van der Waals surface area contributed by atoms with E-state index in [9.17, 15) is 14.7 Å². The van der Waals surface area contributed by atoms with Gasteiger partial charge in [-0.15, -0.1) is 0 Å². The Hall–Kier alpha value is -4.18. The fraction of sp³-hybridized carbons (Fsp3) is 0.161. The van der Waals surface area contributed by atoms with Crippen molar-refractivity contribution in [3.05, 3.63) is 131 Å². The van der Waals surface area contributed by atoms with Crippen LogP contribution in [-0.2, 0) is 13.0 Å². The maximum Gasteiger partial charge on any atom is 0.336 e. The first kappa shape index (κ1) is 24.0. The van der Waals surface area contributed by atoms with Gasteiger partial charge in [0.2, 0.25) is 0 Å². The van der Waals surface area contributed by atoms with Crippen LogP contribution in [-0.4, -0.2) is 28.4 Å². The number of rotatable bonds is 9. The Balaban J connectivity index is 1.52. The molecule has 0 bridgehead atoms. The zero-order chi connectivity index (χ0) is 24.6. The van der Waals surface area contributed by atoms with Crippen molar-refractivity contribution in [3.8, 4) is 11.1 Å². The van der Waals surface area contributed by atoms with Crippen LogP contribution in [0.1, 0.15) is 43.8 Å². The molecule has 0 fully saturated rings. The van der Waals surface area contributed by atoms with E-state index < -0.39 is 5.97 Å². The third-order valence-electron chi connectivity index (χ3n) is 6.12. The third kappa shape index (κ3) is 6.24. The van der Waals surface area contributed by atoms with Gasteiger partial charge in [0, 0.05) is 18.7 Å². The second-order valence-corrected chi connectivity index (χ2v) is 8.73. The number of carbonyl (C=O) groups is 2. The van der Waals surface area contributed by atoms with Crippen molar-refractivity contribution in [2.45, 2.75) is 26.3 Å². The van der Waals surface area contributed by atoms with Gasteiger partial charge < -0.3 is 10.0 Å². The van der Waals surface area contributed by atoms with E-state index in [1.807, 2.05) is 90.7 Å². The number of hydrogen-bond donors (Lipinski definition) is 1. The zero-order valence-electron chi connectivity index (χ0n) is 19.9. The standard InChI is InChI=1S/C31H29NO3/c1-23-13-17-27(18-14-23)30(33)32(21-7-10-24-8-3-2-4-9-24)22-25-15-19-26(20-16-25)28-11-5-6-12-29(28)31(34)35/h2-6,8-9,11-20H,7,10,21-22H2,1H3,(H,34,35). The van der Waals surface area contributed by atoms with Crippen LogP contribution in [0.25, 0.3) is 11.1 Å². The van der Waals surface area contributed by atoms with Gasteiger partial charge in [-0.3, -0.25) is 4.79 Å². The lowest BCUT2D eigenvalue weighted by Crippen LogP contribution is -2.31. The summed E-state index contributed by atoms with van der Waals surface area (Å²) in [5.41, 5.74) is 5.86. The highest BCUT2D eigenvalue weighted by Crippen LogP contribution is 2.25. The fourth-order valence-electron chi connectivity index (χ4n) is 4.18. The van der Waals surface area contributed by atoms with Crippen molar-refractivity contribution in [2.24, 2.45) is 0 Å². The van der Waals surface area contributed by atoms with E-state index in [1.54, 1.807) is 12.1 Å². The summed E-state index contributed by atoms with van der Waals surface area (Å²) in [5.74, 6) is -0.934. The van der Waals surface area contributed by atoms with Crippen LogP contribution in [0, 0.1) is 6.92 Å². The van der Waals surface area contributed by atoms with Gasteiger partial charge in [0.15, 0.2) is 0 Å². The first-order valence-corrected chi connectivity index (χ1v) is 11.8. The van der Waals surface area contributed by atoms with Crippen molar-refractivity contribution >= 4 is 11.9 Å². The maximum absolute atomic E-state index is 13.4. The lowest BCUT2D eigenvalue weighted by atomic mass is 9.98. The van der Waals surface area contributed by atoms with Crippen LogP contribution in [0.4, 0.5) is 0 Å². The molecular weight excluding hydrogens is 434 g/mol. The molecule has 1 N–H and O–H groups in total. The molecule has 0 aliphatic carbocycles. The molecule has 1 amide bonds. The Morgan fingerprint density at radius 2 is 1.40 bits per heavy atom. The molecule has 176 valence electrons. The van der Waals surface area contributed by atoms with E-state index in [4.69, 9.17) is 0 Å². The van der Waals surface area contributed by atoms with Gasteiger partial charge in [-0.1, -0.05) is 90.5 Å². The highest BCUT2D eigenvalue weighted by Gasteiger charge is 2.17. The van der Waals surface area contributed by atoms with Crippen LogP contribution >= 0.6 is 0 Å². The van der Waals surface area contributed by atoms with Crippen LogP contribution in [0.5, 0.6) is 0 Å². The Bertz CT molecular complexity index is 1280. The molecule has 0 radical (unpaired) electrons. The molecule has 0 aliphatic rings. The van der Waals surface area contributed by atoms with E-state index in [2.05, 4.69) is 12.1 Å². The number of carbonyl (C=O) groups excluding carboxylic acids is 1. The number of aryl methyl sites for hydroxylation is 2. The third-order valence-corrected chi connectivity index (χ3v) is 6.12. The van der Waals surface area contributed by atoms with Crippen LogP contribution < -0.4 is 0 Å². The molecule has 4 nitrogen and oxygen atoms in total. The molecule has 0 atom stereocenters. The van der Waals surface area contributed by atoms with Crippen LogP contribution in [0.3, 0.4) is 0 Å². The van der Waals surface area contributed by atoms with Crippen molar-refractivity contribution in [3.63, 3.8) is 0 Å². The number of carboxylic acid groups (broad SMARTS) is 1. The molecule has 35 heavy (non-hydrogen) atoms. The van der Waals surface area contributed by atoms with Gasteiger partial charge in [-0.2, -0.15) is 0 Å². The molecule has 4 aromatic carbocycles. The smallest absolute Gasteiger partial charge is 0.336 e. The minimum atomic E-state index is -0.946. The topological polar surface area (TPSA) is 57.6 Å². The first-order valence-electron chi connectivity index (χ1n) is 11.8. The summed E-state index contributed by atoms with van der Waals surface area (Å²) >= 11 is 0. The van der Waals surface area contributed by atoms with Gasteiger partial charge in [-0.25, -0.2) is 4.79 Å². The summed E-state index contributed by atoms with van der Waals surface area (Å²) in [6.07, 6.45) is 1.77. The summed E-state index contributed by atoms with van der Waals surface area (Å²) in [6, 6.07) is 32.8. The summed E-state index contributed by atoms with van der Waals surface area (Å²) in [4.78, 5) is 26.9. The largest absolute Gasteiger partial charge is 0.478 e. The predicted octanol–water partition coefficient (Wildman–Crippen LogP) is 6.64. The Morgan fingerprint density at radius 1 is 0.743 bits per heavy atom. The number of aromatic carboxylic acids is 1. The predicted molar refractivity (Wildman–Crippen MR) is 140 cm³/mol. The second kappa shape index (κ2) is 11.3. The van der Waals surface area contributed by atoms with Crippen molar-refractivity contribution in [2.75, 3.05) is 6.54 Å². The molecular formula is C31H29NO3. The van der Waals surface area contributed by atoms with Gasteiger partial charge in [0.05, 0.1) is 5.56 Å². The highest BCUT2D eigenvalue weighted by molar-refractivity contribution is 5.96. The van der Waals surface area contributed by atoms with E-state index in [0.29, 0.717) is 24.2 Å². The highest BCUT2D eigenvalue weighted by atomic mass is 16.4. The molecule has 0 aromatic heterocycles. The number of hydrogen-bond acceptors (Lipinski definition) is 2. The summed E-state index contributed by atoms with van der Waals surface area (Å²) in [7, 11) is 0. The molecule has 0 spiro atoms. The number of amides is 1. The monoisotopic (exact) mass is 463 g/mol. The normalized spacial score (nSPS) is 10.7. The summed E-state index contributed by atoms with van der Waals surface area (Å²) < 4.78 is 0. The molecule has 4 rings (SSSR count). The van der Waals surface area contributed by atoms with Gasteiger partial charge in [0.1, 0.15) is 0 Å². The van der Waals surface area contributed by atoms with E-state index in [0.717, 1.165) is 29.5 Å². The number of nitrogens with zero attached hydrogens (tertiary/aromatic N) is 1. The summed E-state index contributed by atoms with van der Waals surface area (Å²) in [6.45, 7) is 3.14. The van der Waals surface area contributed by atoms with Crippen molar-refractivity contribution < 1.29 is 14.7 Å². The average Bonchev–Trinajstić information content (AvgIpc) is 2.89. The van der Waals surface area contributed by atoms with E-state index in [-0.39, 0.29) is 11.5 Å². The molecule has 0 aliphatic heterocycles. The Labute approximate surface area is 206 Å².